The Balaban J connectivity index is 4.07. The van der Waals surface area contributed by atoms with Crippen LogP contribution in [0.2, 0.25) is 0 Å². The molecular weight excluding hydrogens is 877 g/mol. The molecule has 0 aliphatic rings. The van der Waals surface area contributed by atoms with Gasteiger partial charge in [-0.3, -0.25) is 14.4 Å². The van der Waals surface area contributed by atoms with E-state index < -0.39 is 6.10 Å². The molecule has 0 aliphatic heterocycles. The Morgan fingerprint density at radius 1 is 0.225 bits per heavy atom. The first-order chi connectivity index (χ1) is 35.0. The molecule has 0 aromatic rings. The lowest BCUT2D eigenvalue weighted by Gasteiger charge is -2.18. The topological polar surface area (TPSA) is 78.9 Å². The number of esters is 3. The zero-order chi connectivity index (χ0) is 51.4. The molecule has 6 nitrogen and oxygen atoms in total. The zero-order valence-corrected chi connectivity index (χ0v) is 48.5. The molecule has 71 heavy (non-hydrogen) atoms. The fourth-order valence-corrected chi connectivity index (χ4v) is 10.2. The average molecular weight is 1000 g/mol. The Labute approximate surface area is 444 Å². The molecule has 0 bridgehead atoms. The summed E-state index contributed by atoms with van der Waals surface area (Å²) >= 11 is 0. The van der Waals surface area contributed by atoms with Gasteiger partial charge < -0.3 is 14.2 Å². The summed E-state index contributed by atoms with van der Waals surface area (Å²) in [4.78, 5) is 38.1. The SMILES string of the molecule is CCCCCCCCCCCCCCCCCCCCCCCCCCCC(=O)OCC(COC(=O)CCCCCCCCCC)OC(=O)CCCCCCCCCCCCCCCCCCCCCC. The fourth-order valence-electron chi connectivity index (χ4n) is 10.2. The Morgan fingerprint density at radius 3 is 0.563 bits per heavy atom. The van der Waals surface area contributed by atoms with E-state index in [0.717, 1.165) is 57.8 Å². The molecule has 0 rings (SSSR count). The van der Waals surface area contributed by atoms with Crippen LogP contribution in [0.15, 0.2) is 0 Å². The second-order valence-corrected chi connectivity index (χ2v) is 22.4. The maximum absolute atomic E-state index is 12.9. The van der Waals surface area contributed by atoms with Crippen molar-refractivity contribution in [1.29, 1.82) is 0 Å². The van der Waals surface area contributed by atoms with Crippen LogP contribution in [-0.4, -0.2) is 37.2 Å². The summed E-state index contributed by atoms with van der Waals surface area (Å²) in [5, 5.41) is 0. The lowest BCUT2D eigenvalue weighted by Crippen LogP contribution is -2.30. The van der Waals surface area contributed by atoms with E-state index in [1.165, 1.54) is 283 Å². The number of hydrogen-bond donors (Lipinski definition) is 0. The number of unbranched alkanes of at least 4 members (excludes halogenated alkanes) is 50. The van der Waals surface area contributed by atoms with Gasteiger partial charge in [-0.05, 0) is 19.3 Å². The van der Waals surface area contributed by atoms with Crippen molar-refractivity contribution < 1.29 is 28.6 Å². The van der Waals surface area contributed by atoms with E-state index in [1.54, 1.807) is 0 Å². The highest BCUT2D eigenvalue weighted by Crippen LogP contribution is 2.19. The summed E-state index contributed by atoms with van der Waals surface area (Å²) < 4.78 is 16.9. The van der Waals surface area contributed by atoms with Crippen LogP contribution in [0.5, 0.6) is 0 Å². The molecule has 0 aromatic heterocycles. The van der Waals surface area contributed by atoms with Gasteiger partial charge in [0, 0.05) is 19.3 Å². The van der Waals surface area contributed by atoms with Crippen LogP contribution < -0.4 is 0 Å². The van der Waals surface area contributed by atoms with Gasteiger partial charge in [-0.2, -0.15) is 0 Å². The van der Waals surface area contributed by atoms with Crippen molar-refractivity contribution in [3.8, 4) is 0 Å². The second kappa shape index (κ2) is 61.0. The number of hydrogen-bond acceptors (Lipinski definition) is 6. The van der Waals surface area contributed by atoms with E-state index in [4.69, 9.17) is 14.2 Å². The van der Waals surface area contributed by atoms with Gasteiger partial charge in [-0.15, -0.1) is 0 Å². The molecule has 6 heteroatoms. The van der Waals surface area contributed by atoms with Crippen LogP contribution in [0.3, 0.4) is 0 Å². The van der Waals surface area contributed by atoms with Gasteiger partial charge in [0.2, 0.25) is 0 Å². The molecule has 0 aromatic carbocycles. The minimum atomic E-state index is -0.761. The van der Waals surface area contributed by atoms with Gasteiger partial charge in [0.15, 0.2) is 6.10 Å². The molecule has 1 unspecified atom stereocenters. The summed E-state index contributed by atoms with van der Waals surface area (Å²) in [6.07, 6.45) is 70.0. The van der Waals surface area contributed by atoms with Crippen molar-refractivity contribution >= 4 is 17.9 Å². The molecule has 0 N–H and O–H groups in total. The van der Waals surface area contributed by atoms with E-state index in [1.807, 2.05) is 0 Å². The molecule has 0 heterocycles. The molecule has 0 radical (unpaired) electrons. The summed E-state index contributed by atoms with van der Waals surface area (Å²) in [5.74, 6) is -0.833. The highest BCUT2D eigenvalue weighted by Gasteiger charge is 2.19. The lowest BCUT2D eigenvalue weighted by atomic mass is 10.0. The van der Waals surface area contributed by atoms with Crippen LogP contribution in [0.4, 0.5) is 0 Å². The van der Waals surface area contributed by atoms with Crippen LogP contribution in [0, 0.1) is 0 Å². The highest BCUT2D eigenvalue weighted by molar-refractivity contribution is 5.71. The average Bonchev–Trinajstić information content (AvgIpc) is 3.37. The fraction of sp³-hybridized carbons (Fsp3) is 0.954. The van der Waals surface area contributed by atoms with Crippen LogP contribution in [0.1, 0.15) is 380 Å². The third kappa shape index (κ3) is 59.2. The Hall–Kier alpha value is -1.59. The number of ether oxygens (including phenoxy) is 3. The summed E-state index contributed by atoms with van der Waals surface area (Å²) in [6.45, 7) is 6.70. The van der Waals surface area contributed by atoms with Crippen molar-refractivity contribution in [1.82, 2.24) is 0 Å². The molecule has 0 amide bonds. The van der Waals surface area contributed by atoms with Gasteiger partial charge in [0.05, 0.1) is 0 Å². The van der Waals surface area contributed by atoms with Crippen molar-refractivity contribution in [3.05, 3.63) is 0 Å². The minimum absolute atomic E-state index is 0.0612. The summed E-state index contributed by atoms with van der Waals surface area (Å²) in [6, 6.07) is 0. The molecule has 0 saturated carbocycles. The van der Waals surface area contributed by atoms with Gasteiger partial charge in [-0.25, -0.2) is 0 Å². The van der Waals surface area contributed by atoms with Gasteiger partial charge in [-0.1, -0.05) is 342 Å². The monoisotopic (exact) mass is 1000 g/mol. The van der Waals surface area contributed by atoms with Crippen LogP contribution in [-0.2, 0) is 28.6 Å². The van der Waals surface area contributed by atoms with Crippen LogP contribution >= 0.6 is 0 Å². The Bertz CT molecular complexity index is 1060. The van der Waals surface area contributed by atoms with Crippen molar-refractivity contribution in [2.75, 3.05) is 13.2 Å². The molecule has 0 aliphatic carbocycles. The van der Waals surface area contributed by atoms with Gasteiger partial charge >= 0.3 is 17.9 Å². The van der Waals surface area contributed by atoms with Gasteiger partial charge in [0.25, 0.3) is 0 Å². The lowest BCUT2D eigenvalue weighted by molar-refractivity contribution is -0.167. The van der Waals surface area contributed by atoms with E-state index in [2.05, 4.69) is 20.8 Å². The predicted octanol–water partition coefficient (Wildman–Crippen LogP) is 21.9. The second-order valence-electron chi connectivity index (χ2n) is 22.4. The predicted molar refractivity (Wildman–Crippen MR) is 307 cm³/mol. The summed E-state index contributed by atoms with van der Waals surface area (Å²) in [5.41, 5.74) is 0. The van der Waals surface area contributed by atoms with E-state index in [-0.39, 0.29) is 31.1 Å². The van der Waals surface area contributed by atoms with Crippen molar-refractivity contribution in [3.63, 3.8) is 0 Å². The van der Waals surface area contributed by atoms with Crippen molar-refractivity contribution in [2.24, 2.45) is 0 Å². The highest BCUT2D eigenvalue weighted by atomic mass is 16.6. The summed E-state index contributed by atoms with van der Waals surface area (Å²) in [7, 11) is 0. The molecule has 0 spiro atoms. The van der Waals surface area contributed by atoms with E-state index in [9.17, 15) is 14.4 Å². The quantitative estimate of drug-likeness (QED) is 0.0343. The normalized spacial score (nSPS) is 11.9. The number of rotatable bonds is 61. The standard InChI is InChI=1S/C65H126O6/c1-4-7-10-13-16-19-21-23-25-27-29-31-32-33-34-35-37-38-40-42-44-46-49-52-55-58-64(67)70-61-62(60-69-63(66)57-54-51-48-18-15-12-9-6-3)71-65(68)59-56-53-50-47-45-43-41-39-36-30-28-26-24-22-20-17-14-11-8-5-2/h62H,4-61H2,1-3H3. The zero-order valence-electron chi connectivity index (χ0n) is 48.5. The minimum Gasteiger partial charge on any atom is -0.462 e. The van der Waals surface area contributed by atoms with Gasteiger partial charge in [0.1, 0.15) is 13.2 Å². The molecular formula is C65H126O6. The number of carbonyl (C=O) groups excluding carboxylic acids is 3. The van der Waals surface area contributed by atoms with Crippen molar-refractivity contribution in [2.45, 2.75) is 386 Å². The third-order valence-corrected chi connectivity index (χ3v) is 15.1. The van der Waals surface area contributed by atoms with Crippen LogP contribution in [0.25, 0.3) is 0 Å². The molecule has 0 fully saturated rings. The Morgan fingerprint density at radius 2 is 0.380 bits per heavy atom. The van der Waals surface area contributed by atoms with E-state index >= 15 is 0 Å². The number of carbonyl (C=O) groups is 3. The smallest absolute Gasteiger partial charge is 0.306 e. The largest absolute Gasteiger partial charge is 0.462 e. The first kappa shape index (κ1) is 69.4. The Kier molecular flexibility index (Phi) is 59.6. The first-order valence-electron chi connectivity index (χ1n) is 32.5. The first-order valence-corrected chi connectivity index (χ1v) is 32.5. The molecule has 0 saturated heterocycles. The molecule has 1 atom stereocenters. The molecule has 422 valence electrons. The third-order valence-electron chi connectivity index (χ3n) is 15.1. The maximum Gasteiger partial charge on any atom is 0.306 e. The van der Waals surface area contributed by atoms with E-state index in [0.29, 0.717) is 19.3 Å². The maximum atomic E-state index is 12.9.